The molecule has 2 rings (SSSR count). The van der Waals surface area contributed by atoms with Crippen LogP contribution in [0.2, 0.25) is 0 Å². The number of aromatic hydroxyl groups is 1. The standard InChI is InChI=1S/C11H8O3.Li.H/c12-10-8-4-2-1-3-7(8)5-6-9(10)11(13)14;;/h1-6,12H,(H,13,14);;. The number of carboxylic acid groups (broad SMARTS) is 1. The van der Waals surface area contributed by atoms with E-state index in [0.717, 1.165) is 5.39 Å². The van der Waals surface area contributed by atoms with Crippen molar-refractivity contribution in [2.45, 2.75) is 0 Å². The topological polar surface area (TPSA) is 57.5 Å². The van der Waals surface area contributed by atoms with E-state index in [1.807, 2.05) is 12.1 Å². The van der Waals surface area contributed by atoms with Crippen molar-refractivity contribution in [2.75, 3.05) is 0 Å². The van der Waals surface area contributed by atoms with Crippen LogP contribution in [0.15, 0.2) is 36.4 Å². The van der Waals surface area contributed by atoms with Gasteiger partial charge in [0.15, 0.2) is 0 Å². The van der Waals surface area contributed by atoms with Crippen molar-refractivity contribution in [1.82, 2.24) is 0 Å². The van der Waals surface area contributed by atoms with E-state index in [2.05, 4.69) is 0 Å². The van der Waals surface area contributed by atoms with Gasteiger partial charge in [0.2, 0.25) is 0 Å². The fourth-order valence-corrected chi connectivity index (χ4v) is 1.43. The van der Waals surface area contributed by atoms with Gasteiger partial charge in [0.1, 0.15) is 11.3 Å². The molecule has 4 heteroatoms. The molecule has 0 heterocycles. The van der Waals surface area contributed by atoms with Crippen LogP contribution >= 0.6 is 0 Å². The third-order valence-electron chi connectivity index (χ3n) is 2.13. The van der Waals surface area contributed by atoms with Crippen molar-refractivity contribution in [1.29, 1.82) is 0 Å². The average Bonchev–Trinajstić information content (AvgIpc) is 2.18. The van der Waals surface area contributed by atoms with Crippen LogP contribution in [0, 0.1) is 0 Å². The minimum absolute atomic E-state index is 0. The van der Waals surface area contributed by atoms with Crippen molar-refractivity contribution in [2.24, 2.45) is 0 Å². The van der Waals surface area contributed by atoms with Gasteiger partial charge < -0.3 is 10.2 Å². The zero-order chi connectivity index (χ0) is 10.1. The predicted octanol–water partition coefficient (Wildman–Crippen LogP) is 1.60. The van der Waals surface area contributed by atoms with E-state index in [4.69, 9.17) is 5.11 Å². The number of phenols is 1. The Labute approximate surface area is 98.5 Å². The molecule has 15 heavy (non-hydrogen) atoms. The van der Waals surface area contributed by atoms with Crippen LogP contribution in [-0.2, 0) is 0 Å². The molecule has 72 valence electrons. The minimum atomic E-state index is -1.12. The molecule has 0 saturated heterocycles. The molecule has 0 aliphatic rings. The molecule has 0 aliphatic carbocycles. The average molecular weight is 196 g/mol. The molecule has 0 atom stereocenters. The quantitative estimate of drug-likeness (QED) is 0.681. The van der Waals surface area contributed by atoms with E-state index < -0.39 is 5.97 Å². The zero-order valence-corrected chi connectivity index (χ0v) is 7.27. The van der Waals surface area contributed by atoms with Crippen LogP contribution in [0.25, 0.3) is 10.8 Å². The molecule has 0 fully saturated rings. The third-order valence-corrected chi connectivity index (χ3v) is 2.13. The molecule has 0 unspecified atom stereocenters. The normalized spacial score (nSPS) is 9.60. The van der Waals surface area contributed by atoms with Gasteiger partial charge in [-0.25, -0.2) is 4.79 Å². The molecule has 0 spiro atoms. The van der Waals surface area contributed by atoms with Gasteiger partial charge in [-0.3, -0.25) is 0 Å². The molecule has 0 bridgehead atoms. The summed E-state index contributed by atoms with van der Waals surface area (Å²) in [6, 6.07) is 10.2. The van der Waals surface area contributed by atoms with Gasteiger partial charge >= 0.3 is 24.8 Å². The number of fused-ring (bicyclic) bond motifs is 1. The Morgan fingerprint density at radius 3 is 2.40 bits per heavy atom. The molecule has 0 saturated carbocycles. The Hall–Kier alpha value is -1.43. The van der Waals surface area contributed by atoms with Gasteiger partial charge in [-0.15, -0.1) is 0 Å². The molecular weight excluding hydrogens is 187 g/mol. The van der Waals surface area contributed by atoms with Crippen LogP contribution in [0.5, 0.6) is 5.75 Å². The molecule has 2 aromatic rings. The van der Waals surface area contributed by atoms with Crippen LogP contribution in [0.3, 0.4) is 0 Å². The van der Waals surface area contributed by atoms with E-state index in [9.17, 15) is 9.90 Å². The molecule has 3 nitrogen and oxygen atoms in total. The van der Waals surface area contributed by atoms with Gasteiger partial charge in [0.25, 0.3) is 0 Å². The molecule has 2 N–H and O–H groups in total. The Bertz CT molecular complexity index is 508. The number of carboxylic acids is 1. The molecule has 2 aromatic carbocycles. The van der Waals surface area contributed by atoms with Crippen molar-refractivity contribution in [3.05, 3.63) is 42.0 Å². The first kappa shape index (κ1) is 11.6. The fourth-order valence-electron chi connectivity index (χ4n) is 1.43. The van der Waals surface area contributed by atoms with Gasteiger partial charge in [-0.2, -0.15) is 0 Å². The summed E-state index contributed by atoms with van der Waals surface area (Å²) in [5, 5.41) is 19.8. The summed E-state index contributed by atoms with van der Waals surface area (Å²) in [5.41, 5.74) is -0.0660. The summed E-state index contributed by atoms with van der Waals surface area (Å²) in [4.78, 5) is 10.7. The number of benzene rings is 2. The fraction of sp³-hybridized carbons (Fsp3) is 0. The second-order valence-electron chi connectivity index (χ2n) is 2.99. The van der Waals surface area contributed by atoms with Crippen molar-refractivity contribution in [3.8, 4) is 5.75 Å². The maximum atomic E-state index is 10.7. The summed E-state index contributed by atoms with van der Waals surface area (Å²) in [6.45, 7) is 0. The Morgan fingerprint density at radius 2 is 1.73 bits per heavy atom. The van der Waals surface area contributed by atoms with E-state index in [0.29, 0.717) is 5.39 Å². The van der Waals surface area contributed by atoms with E-state index in [1.54, 1.807) is 18.2 Å². The summed E-state index contributed by atoms with van der Waals surface area (Å²) >= 11 is 0. The first-order valence-electron chi connectivity index (χ1n) is 4.14. The first-order valence-corrected chi connectivity index (χ1v) is 4.14. The monoisotopic (exact) mass is 196 g/mol. The maximum absolute atomic E-state index is 10.7. The molecule has 0 radical (unpaired) electrons. The number of rotatable bonds is 1. The van der Waals surface area contributed by atoms with Crippen LogP contribution in [0.4, 0.5) is 0 Å². The summed E-state index contributed by atoms with van der Waals surface area (Å²) in [6.07, 6.45) is 0. The predicted molar refractivity (Wildman–Crippen MR) is 59.7 cm³/mol. The van der Waals surface area contributed by atoms with Gasteiger partial charge in [-0.05, 0) is 11.5 Å². The van der Waals surface area contributed by atoms with Gasteiger partial charge in [0.05, 0.1) is 0 Å². The number of hydrogen-bond acceptors (Lipinski definition) is 2. The van der Waals surface area contributed by atoms with E-state index in [1.165, 1.54) is 6.07 Å². The Kier molecular flexibility index (Phi) is 3.41. The van der Waals surface area contributed by atoms with Gasteiger partial charge in [0, 0.05) is 5.39 Å². The van der Waals surface area contributed by atoms with Crippen LogP contribution in [-0.4, -0.2) is 35.0 Å². The second kappa shape index (κ2) is 4.39. The Morgan fingerprint density at radius 1 is 1.07 bits per heavy atom. The summed E-state index contributed by atoms with van der Waals surface area (Å²) in [7, 11) is 0. The molecule has 0 amide bonds. The number of aromatic carboxylic acids is 1. The number of carbonyl (C=O) groups is 1. The molecule has 0 aromatic heterocycles. The van der Waals surface area contributed by atoms with E-state index in [-0.39, 0.29) is 30.2 Å². The summed E-state index contributed by atoms with van der Waals surface area (Å²) < 4.78 is 0. The second-order valence-corrected chi connectivity index (χ2v) is 2.99. The first-order chi connectivity index (χ1) is 6.70. The van der Waals surface area contributed by atoms with Crippen molar-refractivity contribution >= 4 is 35.6 Å². The third kappa shape index (κ3) is 1.99. The van der Waals surface area contributed by atoms with Crippen molar-refractivity contribution < 1.29 is 15.0 Å². The summed E-state index contributed by atoms with van der Waals surface area (Å²) in [5.74, 6) is -1.29. The van der Waals surface area contributed by atoms with Crippen LogP contribution < -0.4 is 0 Å². The van der Waals surface area contributed by atoms with Crippen LogP contribution in [0.1, 0.15) is 10.4 Å². The zero-order valence-electron chi connectivity index (χ0n) is 7.27. The van der Waals surface area contributed by atoms with Gasteiger partial charge in [-0.1, -0.05) is 30.3 Å². The number of hydrogen-bond donors (Lipinski definition) is 2. The van der Waals surface area contributed by atoms with E-state index >= 15 is 0 Å². The molecule has 0 aliphatic heterocycles. The Balaban J connectivity index is 0.00000112. The molecular formula is C11H9LiO3. The van der Waals surface area contributed by atoms with Crippen molar-refractivity contribution in [3.63, 3.8) is 0 Å². The SMILES string of the molecule is O=C(O)c1ccc2ccccc2c1O.[LiH].